The lowest BCUT2D eigenvalue weighted by atomic mass is 10.2. The zero-order valence-electron chi connectivity index (χ0n) is 13.4. The molecule has 0 atom stereocenters. The van der Waals surface area contributed by atoms with Gasteiger partial charge in [-0.2, -0.15) is 0 Å². The van der Waals surface area contributed by atoms with Crippen molar-refractivity contribution in [3.63, 3.8) is 0 Å². The minimum Gasteiger partial charge on any atom is -0.353 e. The number of halogens is 1. The van der Waals surface area contributed by atoms with Gasteiger partial charge in [0.15, 0.2) is 11.8 Å². The molecule has 0 bridgehead atoms. The first kappa shape index (κ1) is 16.7. The van der Waals surface area contributed by atoms with Crippen molar-refractivity contribution in [3.8, 4) is 0 Å². The van der Waals surface area contributed by atoms with Crippen molar-refractivity contribution in [1.29, 1.82) is 0 Å². The molecular weight excluding hydrogens is 295 g/mol. The second kappa shape index (κ2) is 8.07. The Labute approximate surface area is 135 Å². The molecule has 6 nitrogen and oxygen atoms in total. The van der Waals surface area contributed by atoms with Gasteiger partial charge in [-0.25, -0.2) is 9.38 Å². The van der Waals surface area contributed by atoms with E-state index in [9.17, 15) is 4.39 Å². The summed E-state index contributed by atoms with van der Waals surface area (Å²) in [5.74, 6) is 2.00. The third kappa shape index (κ3) is 4.91. The van der Waals surface area contributed by atoms with Gasteiger partial charge in [0.1, 0.15) is 11.6 Å². The van der Waals surface area contributed by atoms with Crippen LogP contribution < -0.4 is 10.6 Å². The summed E-state index contributed by atoms with van der Waals surface area (Å²) in [7, 11) is 1.91. The van der Waals surface area contributed by atoms with E-state index in [-0.39, 0.29) is 5.82 Å². The molecule has 2 rings (SSSR count). The molecule has 0 saturated carbocycles. The topological polar surface area (TPSA) is 67.1 Å². The number of aromatic nitrogens is 3. The van der Waals surface area contributed by atoms with Crippen LogP contribution in [0.4, 0.5) is 4.39 Å². The monoisotopic (exact) mass is 316 g/mol. The second-order valence-electron chi connectivity index (χ2n) is 5.04. The summed E-state index contributed by atoms with van der Waals surface area (Å²) in [6, 6.07) is 6.40. The lowest BCUT2D eigenvalue weighted by Crippen LogP contribution is -2.37. The van der Waals surface area contributed by atoms with E-state index in [0.717, 1.165) is 17.2 Å². The van der Waals surface area contributed by atoms with Crippen molar-refractivity contribution in [2.24, 2.45) is 12.0 Å². The third-order valence-corrected chi connectivity index (χ3v) is 3.32. The summed E-state index contributed by atoms with van der Waals surface area (Å²) < 4.78 is 15.1. The van der Waals surface area contributed by atoms with Crippen LogP contribution in [0.25, 0.3) is 0 Å². The molecule has 23 heavy (non-hydrogen) atoms. The molecule has 1 aromatic heterocycles. The van der Waals surface area contributed by atoms with E-state index in [1.165, 1.54) is 12.1 Å². The standard InChI is InChI=1S/C16H21FN6/c1-4-8-18-16(19-10-13-6-5-7-14(17)9-13)20-11-15-22-21-12(2)23(15)3/h4-7,9H,1,8,10-11H2,2-3H3,(H2,18,19,20). The zero-order valence-corrected chi connectivity index (χ0v) is 13.4. The largest absolute Gasteiger partial charge is 0.353 e. The lowest BCUT2D eigenvalue weighted by Gasteiger charge is -2.11. The van der Waals surface area contributed by atoms with Crippen LogP contribution in [0.3, 0.4) is 0 Å². The van der Waals surface area contributed by atoms with Gasteiger partial charge >= 0.3 is 0 Å². The molecule has 122 valence electrons. The summed E-state index contributed by atoms with van der Waals surface area (Å²) in [5, 5.41) is 14.4. The van der Waals surface area contributed by atoms with E-state index in [0.29, 0.717) is 25.6 Å². The molecule has 0 unspecified atom stereocenters. The van der Waals surface area contributed by atoms with Crippen molar-refractivity contribution in [2.75, 3.05) is 6.54 Å². The SMILES string of the molecule is C=CCNC(=NCc1cccc(F)c1)NCc1nnc(C)n1C. The Bertz CT molecular complexity index is 692. The highest BCUT2D eigenvalue weighted by molar-refractivity contribution is 5.79. The summed E-state index contributed by atoms with van der Waals surface area (Å²) >= 11 is 0. The van der Waals surface area contributed by atoms with Crippen LogP contribution >= 0.6 is 0 Å². The average Bonchev–Trinajstić information content (AvgIpc) is 2.86. The Kier molecular flexibility index (Phi) is 5.85. The van der Waals surface area contributed by atoms with Gasteiger partial charge in [-0.3, -0.25) is 0 Å². The highest BCUT2D eigenvalue weighted by Gasteiger charge is 2.06. The van der Waals surface area contributed by atoms with Crippen molar-refractivity contribution >= 4 is 5.96 Å². The van der Waals surface area contributed by atoms with E-state index in [1.54, 1.807) is 12.1 Å². The zero-order chi connectivity index (χ0) is 16.7. The van der Waals surface area contributed by atoms with Crippen LogP contribution in [0, 0.1) is 12.7 Å². The minimum atomic E-state index is -0.263. The molecule has 0 aliphatic rings. The number of nitrogens with one attached hydrogen (secondary N) is 2. The predicted octanol–water partition coefficient (Wildman–Crippen LogP) is 1.68. The number of aryl methyl sites for hydroxylation is 1. The molecule has 0 fully saturated rings. The summed E-state index contributed by atoms with van der Waals surface area (Å²) in [4.78, 5) is 4.45. The number of benzene rings is 1. The average molecular weight is 316 g/mol. The van der Waals surface area contributed by atoms with Crippen LogP contribution in [-0.2, 0) is 20.1 Å². The Morgan fingerprint density at radius 2 is 2.22 bits per heavy atom. The van der Waals surface area contributed by atoms with Crippen LogP contribution in [0.15, 0.2) is 41.9 Å². The van der Waals surface area contributed by atoms with Gasteiger partial charge in [0.25, 0.3) is 0 Å². The molecule has 1 aromatic carbocycles. The number of guanidine groups is 1. The van der Waals surface area contributed by atoms with Gasteiger partial charge in [-0.05, 0) is 24.6 Å². The molecule has 2 aromatic rings. The summed E-state index contributed by atoms with van der Waals surface area (Å²) in [6.07, 6.45) is 1.74. The van der Waals surface area contributed by atoms with E-state index in [2.05, 4.69) is 32.4 Å². The summed E-state index contributed by atoms with van der Waals surface area (Å²) in [6.45, 7) is 7.01. The molecule has 0 spiro atoms. The lowest BCUT2D eigenvalue weighted by molar-refractivity contribution is 0.625. The van der Waals surface area contributed by atoms with Crippen LogP contribution in [-0.4, -0.2) is 27.3 Å². The van der Waals surface area contributed by atoms with Crippen LogP contribution in [0.5, 0.6) is 0 Å². The molecule has 0 aliphatic carbocycles. The molecule has 7 heteroatoms. The third-order valence-electron chi connectivity index (χ3n) is 3.32. The quantitative estimate of drug-likeness (QED) is 0.483. The van der Waals surface area contributed by atoms with E-state index in [4.69, 9.17) is 0 Å². The van der Waals surface area contributed by atoms with E-state index < -0.39 is 0 Å². The Balaban J connectivity index is 2.02. The first-order chi connectivity index (χ1) is 11.1. The number of hydrogen-bond donors (Lipinski definition) is 2. The molecule has 0 radical (unpaired) electrons. The van der Waals surface area contributed by atoms with Crippen LogP contribution in [0.1, 0.15) is 17.2 Å². The molecule has 0 aliphatic heterocycles. The van der Waals surface area contributed by atoms with E-state index >= 15 is 0 Å². The predicted molar refractivity (Wildman–Crippen MR) is 88.3 cm³/mol. The smallest absolute Gasteiger partial charge is 0.192 e. The molecule has 0 amide bonds. The van der Waals surface area contributed by atoms with Gasteiger partial charge in [0.2, 0.25) is 0 Å². The Hall–Kier alpha value is -2.70. The van der Waals surface area contributed by atoms with Gasteiger partial charge in [0, 0.05) is 13.6 Å². The maximum atomic E-state index is 13.2. The van der Waals surface area contributed by atoms with Crippen molar-refractivity contribution < 1.29 is 4.39 Å². The fourth-order valence-electron chi connectivity index (χ4n) is 1.92. The first-order valence-corrected chi connectivity index (χ1v) is 7.32. The second-order valence-corrected chi connectivity index (χ2v) is 5.04. The highest BCUT2D eigenvalue weighted by Crippen LogP contribution is 2.04. The maximum absolute atomic E-state index is 13.2. The number of aliphatic imine (C=N–C) groups is 1. The van der Waals surface area contributed by atoms with Gasteiger partial charge in [-0.15, -0.1) is 16.8 Å². The number of rotatable bonds is 6. The first-order valence-electron chi connectivity index (χ1n) is 7.32. The molecule has 2 N–H and O–H groups in total. The number of nitrogens with zero attached hydrogens (tertiary/aromatic N) is 4. The maximum Gasteiger partial charge on any atom is 0.192 e. The van der Waals surface area contributed by atoms with Crippen molar-refractivity contribution in [1.82, 2.24) is 25.4 Å². The Morgan fingerprint density at radius 3 is 2.87 bits per heavy atom. The van der Waals surface area contributed by atoms with Gasteiger partial charge in [0.05, 0.1) is 13.1 Å². The van der Waals surface area contributed by atoms with Crippen LogP contribution in [0.2, 0.25) is 0 Å². The normalized spacial score (nSPS) is 11.3. The number of hydrogen-bond acceptors (Lipinski definition) is 3. The molecule has 1 heterocycles. The Morgan fingerprint density at radius 1 is 1.39 bits per heavy atom. The fourth-order valence-corrected chi connectivity index (χ4v) is 1.92. The highest BCUT2D eigenvalue weighted by atomic mass is 19.1. The van der Waals surface area contributed by atoms with Crippen molar-refractivity contribution in [3.05, 3.63) is 59.9 Å². The van der Waals surface area contributed by atoms with Crippen molar-refractivity contribution in [2.45, 2.75) is 20.0 Å². The molecule has 0 saturated heterocycles. The molecular formula is C16H21FN6. The fraction of sp³-hybridized carbons (Fsp3) is 0.312. The van der Waals surface area contributed by atoms with Gasteiger partial charge < -0.3 is 15.2 Å². The van der Waals surface area contributed by atoms with E-state index in [1.807, 2.05) is 24.6 Å². The minimum absolute atomic E-state index is 0.263. The van der Waals surface area contributed by atoms with Gasteiger partial charge in [-0.1, -0.05) is 18.2 Å². The summed E-state index contributed by atoms with van der Waals surface area (Å²) in [5.41, 5.74) is 0.805.